The van der Waals surface area contributed by atoms with E-state index in [1.54, 1.807) is 6.21 Å². The molecule has 6 heteroatoms. The van der Waals surface area contributed by atoms with E-state index in [0.29, 0.717) is 11.5 Å². The molecule has 1 aromatic heterocycles. The molecule has 0 unspecified atom stereocenters. The topological polar surface area (TPSA) is 63.6 Å². The van der Waals surface area contributed by atoms with Gasteiger partial charge in [0, 0.05) is 5.56 Å². The molecule has 0 saturated heterocycles. The Balaban J connectivity index is 1.92. The van der Waals surface area contributed by atoms with Gasteiger partial charge in [-0.2, -0.15) is 5.10 Å². The van der Waals surface area contributed by atoms with Gasteiger partial charge in [0.1, 0.15) is 10.6 Å². The normalized spacial score (nSPS) is 11.0. The monoisotopic (exact) mass is 359 g/mol. The number of rotatable bonds is 9. The van der Waals surface area contributed by atoms with Crippen molar-refractivity contribution in [2.24, 2.45) is 5.10 Å². The molecule has 0 atom stereocenters. The highest BCUT2D eigenvalue weighted by Gasteiger charge is 2.12. The van der Waals surface area contributed by atoms with Crippen LogP contribution in [-0.2, 0) is 0 Å². The fourth-order valence-corrected chi connectivity index (χ4v) is 3.19. The van der Waals surface area contributed by atoms with Crippen molar-refractivity contribution in [1.29, 1.82) is 0 Å². The fraction of sp³-hybridized carbons (Fsp3) is 0.421. The van der Waals surface area contributed by atoms with Crippen molar-refractivity contribution < 1.29 is 9.53 Å². The Kier molecular flexibility index (Phi) is 7.60. The van der Waals surface area contributed by atoms with Crippen LogP contribution in [0.3, 0.4) is 0 Å². The summed E-state index contributed by atoms with van der Waals surface area (Å²) in [5, 5.41) is 4.93. The van der Waals surface area contributed by atoms with Gasteiger partial charge in [-0.25, -0.2) is 10.4 Å². The molecule has 0 radical (unpaired) electrons. The molecule has 0 aliphatic carbocycles. The number of nitrogens with zero attached hydrogens (tertiary/aromatic N) is 2. The van der Waals surface area contributed by atoms with Crippen LogP contribution in [0.5, 0.6) is 5.75 Å². The summed E-state index contributed by atoms with van der Waals surface area (Å²) in [6, 6.07) is 7.68. The first-order valence-electron chi connectivity index (χ1n) is 8.61. The summed E-state index contributed by atoms with van der Waals surface area (Å²) in [7, 11) is 0. The first-order chi connectivity index (χ1) is 12.1. The van der Waals surface area contributed by atoms with E-state index < -0.39 is 0 Å². The zero-order valence-corrected chi connectivity index (χ0v) is 15.9. The van der Waals surface area contributed by atoms with Gasteiger partial charge in [-0.15, -0.1) is 11.3 Å². The summed E-state index contributed by atoms with van der Waals surface area (Å²) in [5.41, 5.74) is 4.13. The van der Waals surface area contributed by atoms with E-state index >= 15 is 0 Å². The molecule has 0 fully saturated rings. The van der Waals surface area contributed by atoms with Crippen LogP contribution in [0.1, 0.15) is 58.5 Å². The van der Waals surface area contributed by atoms with Gasteiger partial charge in [0.05, 0.1) is 23.5 Å². The summed E-state index contributed by atoms with van der Waals surface area (Å²) in [6.45, 7) is 6.59. The number of carbonyl (C=O) groups excluding carboxylic acids is 1. The Morgan fingerprint density at radius 1 is 1.28 bits per heavy atom. The van der Waals surface area contributed by atoms with Gasteiger partial charge in [0.15, 0.2) is 0 Å². The number of ether oxygens (including phenoxy) is 1. The Hall–Kier alpha value is -2.21. The number of aryl methyl sites for hydroxylation is 2. The number of benzene rings is 1. The number of hydrogen-bond donors (Lipinski definition) is 1. The molecule has 5 nitrogen and oxygen atoms in total. The van der Waals surface area contributed by atoms with Gasteiger partial charge in [0.2, 0.25) is 0 Å². The van der Waals surface area contributed by atoms with Crippen molar-refractivity contribution in [3.05, 3.63) is 45.4 Å². The minimum atomic E-state index is -0.239. The van der Waals surface area contributed by atoms with Crippen molar-refractivity contribution in [3.63, 3.8) is 0 Å². The van der Waals surface area contributed by atoms with Gasteiger partial charge in [-0.3, -0.25) is 4.79 Å². The zero-order chi connectivity index (χ0) is 18.1. The summed E-state index contributed by atoms with van der Waals surface area (Å²) in [5.74, 6) is 0.541. The third-order valence-electron chi connectivity index (χ3n) is 3.65. The number of hydrazone groups is 1. The predicted molar refractivity (Wildman–Crippen MR) is 103 cm³/mol. The van der Waals surface area contributed by atoms with E-state index in [9.17, 15) is 4.79 Å². The lowest BCUT2D eigenvalue weighted by atomic mass is 10.2. The molecule has 0 saturated carbocycles. The lowest BCUT2D eigenvalue weighted by Crippen LogP contribution is -2.17. The van der Waals surface area contributed by atoms with E-state index in [0.717, 1.165) is 28.4 Å². The number of hydrogen-bond acceptors (Lipinski definition) is 5. The number of thiazole rings is 1. The lowest BCUT2D eigenvalue weighted by Gasteiger charge is -2.08. The smallest absolute Gasteiger partial charge is 0.283 e. The first kappa shape index (κ1) is 19.1. The molecule has 1 aromatic carbocycles. The van der Waals surface area contributed by atoms with Crippen LogP contribution in [0, 0.1) is 13.8 Å². The van der Waals surface area contributed by atoms with E-state index in [2.05, 4.69) is 22.4 Å². The number of carbonyl (C=O) groups is 1. The second-order valence-corrected chi connectivity index (χ2v) is 7.00. The second kappa shape index (κ2) is 9.93. The Morgan fingerprint density at radius 2 is 2.08 bits per heavy atom. The van der Waals surface area contributed by atoms with Crippen molar-refractivity contribution in [1.82, 2.24) is 10.4 Å². The molecular weight excluding hydrogens is 334 g/mol. The van der Waals surface area contributed by atoms with E-state index in [4.69, 9.17) is 4.74 Å². The van der Waals surface area contributed by atoms with E-state index in [-0.39, 0.29) is 5.91 Å². The summed E-state index contributed by atoms with van der Waals surface area (Å²) in [4.78, 5) is 17.0. The third-order valence-corrected chi connectivity index (χ3v) is 4.73. The quantitative estimate of drug-likeness (QED) is 0.408. The Labute approximate surface area is 153 Å². The van der Waals surface area contributed by atoms with Gasteiger partial charge in [-0.05, 0) is 32.4 Å². The fourth-order valence-electron chi connectivity index (χ4n) is 2.38. The summed E-state index contributed by atoms with van der Waals surface area (Å²) in [6.07, 6.45) is 6.27. The van der Waals surface area contributed by atoms with Crippen LogP contribution in [0.4, 0.5) is 0 Å². The molecule has 0 bridgehead atoms. The van der Waals surface area contributed by atoms with Gasteiger partial charge >= 0.3 is 0 Å². The SMILES string of the molecule is CCCCCCOc1ccccc1/C=N/NC(=O)c1sc(C)nc1C. The number of unbranched alkanes of at least 4 members (excludes halogenated alkanes) is 3. The maximum atomic E-state index is 12.1. The number of amides is 1. The molecule has 134 valence electrons. The van der Waals surface area contributed by atoms with Crippen LogP contribution in [-0.4, -0.2) is 23.7 Å². The summed E-state index contributed by atoms with van der Waals surface area (Å²) >= 11 is 1.37. The molecule has 1 amide bonds. The van der Waals surface area contributed by atoms with Crippen LogP contribution in [0.2, 0.25) is 0 Å². The average Bonchev–Trinajstić information content (AvgIpc) is 2.94. The first-order valence-corrected chi connectivity index (χ1v) is 9.42. The number of para-hydroxylation sites is 1. The van der Waals surface area contributed by atoms with Crippen LogP contribution in [0.15, 0.2) is 29.4 Å². The molecular formula is C19H25N3O2S. The number of aromatic nitrogens is 1. The minimum absolute atomic E-state index is 0.239. The Bertz CT molecular complexity index is 725. The average molecular weight is 359 g/mol. The highest BCUT2D eigenvalue weighted by atomic mass is 32.1. The van der Waals surface area contributed by atoms with E-state index in [1.165, 1.54) is 30.6 Å². The third kappa shape index (κ3) is 5.98. The maximum absolute atomic E-state index is 12.1. The van der Waals surface area contributed by atoms with Gasteiger partial charge < -0.3 is 4.74 Å². The van der Waals surface area contributed by atoms with Crippen molar-refractivity contribution in [2.75, 3.05) is 6.61 Å². The van der Waals surface area contributed by atoms with Crippen LogP contribution in [0.25, 0.3) is 0 Å². The van der Waals surface area contributed by atoms with E-state index in [1.807, 2.05) is 38.1 Å². The largest absolute Gasteiger partial charge is 0.493 e. The molecule has 2 rings (SSSR count). The van der Waals surface area contributed by atoms with Gasteiger partial charge in [0.25, 0.3) is 5.91 Å². The maximum Gasteiger partial charge on any atom is 0.283 e. The van der Waals surface area contributed by atoms with Crippen LogP contribution < -0.4 is 10.2 Å². The minimum Gasteiger partial charge on any atom is -0.493 e. The molecule has 0 aliphatic rings. The Morgan fingerprint density at radius 3 is 2.80 bits per heavy atom. The second-order valence-electron chi connectivity index (χ2n) is 5.79. The van der Waals surface area contributed by atoms with Crippen LogP contribution >= 0.6 is 11.3 Å². The number of nitrogens with one attached hydrogen (secondary N) is 1. The molecule has 0 spiro atoms. The van der Waals surface area contributed by atoms with Crippen molar-refractivity contribution in [2.45, 2.75) is 46.5 Å². The standard InChI is InChI=1S/C19H25N3O2S/c1-4-5-6-9-12-24-17-11-8-7-10-16(17)13-20-22-19(23)18-14(2)21-15(3)25-18/h7-8,10-11,13H,4-6,9,12H2,1-3H3,(H,22,23)/b20-13+. The zero-order valence-electron chi connectivity index (χ0n) is 15.0. The molecule has 2 aromatic rings. The summed E-state index contributed by atoms with van der Waals surface area (Å²) < 4.78 is 5.84. The highest BCUT2D eigenvalue weighted by Crippen LogP contribution is 2.18. The molecule has 1 heterocycles. The predicted octanol–water partition coefficient (Wildman–Crippen LogP) is 4.48. The molecule has 1 N–H and O–H groups in total. The molecule has 25 heavy (non-hydrogen) atoms. The van der Waals surface area contributed by atoms with Gasteiger partial charge in [-0.1, -0.05) is 38.3 Å². The molecule has 0 aliphatic heterocycles. The lowest BCUT2D eigenvalue weighted by molar-refractivity contribution is 0.0958. The highest BCUT2D eigenvalue weighted by molar-refractivity contribution is 7.13. The van der Waals surface area contributed by atoms with Crippen molar-refractivity contribution in [3.8, 4) is 5.75 Å². The van der Waals surface area contributed by atoms with Crippen molar-refractivity contribution >= 4 is 23.5 Å².